The molecule has 0 saturated carbocycles. The van der Waals surface area contributed by atoms with Gasteiger partial charge in [-0.1, -0.05) is 13.8 Å². The van der Waals surface area contributed by atoms with Crippen molar-refractivity contribution in [2.45, 2.75) is 32.7 Å². The number of aliphatic carboxylic acids is 1. The molecule has 0 rings (SSSR count). The summed E-state index contributed by atoms with van der Waals surface area (Å²) in [5, 5.41) is 20.4. The van der Waals surface area contributed by atoms with E-state index in [1.807, 2.05) is 13.8 Å². The van der Waals surface area contributed by atoms with Crippen molar-refractivity contribution < 1.29 is 15.0 Å². The van der Waals surface area contributed by atoms with Crippen LogP contribution in [0.3, 0.4) is 0 Å². The van der Waals surface area contributed by atoms with Gasteiger partial charge in [-0.25, -0.2) is 0 Å². The van der Waals surface area contributed by atoms with E-state index in [9.17, 15) is 4.79 Å². The van der Waals surface area contributed by atoms with Crippen molar-refractivity contribution in [3.05, 3.63) is 0 Å². The zero-order chi connectivity index (χ0) is 10.3. The Morgan fingerprint density at radius 3 is 2.46 bits per heavy atom. The van der Waals surface area contributed by atoms with E-state index in [0.717, 1.165) is 0 Å². The van der Waals surface area contributed by atoms with Crippen LogP contribution in [0.15, 0.2) is 0 Å². The normalized spacial score (nSPS) is 13.2. The number of hydrogen-bond donors (Lipinski definition) is 3. The third-order valence-electron chi connectivity index (χ3n) is 1.98. The minimum Gasteiger partial charge on any atom is -0.481 e. The fourth-order valence-corrected chi connectivity index (χ4v) is 1.04. The molecule has 0 bridgehead atoms. The van der Waals surface area contributed by atoms with Crippen LogP contribution < -0.4 is 5.32 Å². The summed E-state index contributed by atoms with van der Waals surface area (Å²) in [7, 11) is 0. The van der Waals surface area contributed by atoms with Gasteiger partial charge in [0, 0.05) is 12.5 Å². The molecular weight excluding hydrogens is 170 g/mol. The second kappa shape index (κ2) is 6.86. The van der Waals surface area contributed by atoms with Crippen LogP contribution in [0.2, 0.25) is 0 Å². The first kappa shape index (κ1) is 12.4. The molecule has 0 aromatic heterocycles. The van der Waals surface area contributed by atoms with Crippen LogP contribution in [-0.4, -0.2) is 35.4 Å². The summed E-state index contributed by atoms with van der Waals surface area (Å²) in [4.78, 5) is 10.2. The zero-order valence-electron chi connectivity index (χ0n) is 8.29. The average molecular weight is 189 g/mol. The first-order chi connectivity index (χ1) is 6.07. The Morgan fingerprint density at radius 2 is 2.08 bits per heavy atom. The van der Waals surface area contributed by atoms with E-state index >= 15 is 0 Å². The maximum absolute atomic E-state index is 10.2. The molecule has 4 heteroatoms. The van der Waals surface area contributed by atoms with Crippen LogP contribution >= 0.6 is 0 Å². The van der Waals surface area contributed by atoms with E-state index in [2.05, 4.69) is 5.32 Å². The monoisotopic (exact) mass is 189 g/mol. The Balaban J connectivity index is 3.44. The van der Waals surface area contributed by atoms with Crippen LogP contribution in [0.4, 0.5) is 0 Å². The number of rotatable bonds is 7. The van der Waals surface area contributed by atoms with Crippen LogP contribution in [-0.2, 0) is 4.79 Å². The number of carbonyl (C=O) groups is 1. The van der Waals surface area contributed by atoms with Crippen molar-refractivity contribution in [3.63, 3.8) is 0 Å². The lowest BCUT2D eigenvalue weighted by Gasteiger charge is -2.19. The van der Waals surface area contributed by atoms with Gasteiger partial charge in [-0.3, -0.25) is 4.79 Å². The van der Waals surface area contributed by atoms with Crippen molar-refractivity contribution in [3.8, 4) is 0 Å². The second-order valence-electron chi connectivity index (χ2n) is 3.48. The SMILES string of the molecule is CC(C)[C@@H](CO)NCCCC(=O)O. The highest BCUT2D eigenvalue weighted by Gasteiger charge is 2.10. The number of hydrogen-bond acceptors (Lipinski definition) is 3. The fourth-order valence-electron chi connectivity index (χ4n) is 1.04. The van der Waals surface area contributed by atoms with E-state index in [1.165, 1.54) is 0 Å². The van der Waals surface area contributed by atoms with Gasteiger partial charge < -0.3 is 15.5 Å². The van der Waals surface area contributed by atoms with Gasteiger partial charge in [0.15, 0.2) is 0 Å². The number of carboxylic acids is 1. The molecule has 4 nitrogen and oxygen atoms in total. The number of nitrogens with one attached hydrogen (secondary N) is 1. The van der Waals surface area contributed by atoms with Gasteiger partial charge in [0.05, 0.1) is 6.61 Å². The summed E-state index contributed by atoms with van der Waals surface area (Å²) >= 11 is 0. The summed E-state index contributed by atoms with van der Waals surface area (Å²) in [6.07, 6.45) is 0.793. The Labute approximate surface area is 79.0 Å². The maximum Gasteiger partial charge on any atom is 0.303 e. The van der Waals surface area contributed by atoms with Crippen molar-refractivity contribution in [1.82, 2.24) is 5.32 Å². The average Bonchev–Trinajstić information content (AvgIpc) is 2.03. The summed E-state index contributed by atoms with van der Waals surface area (Å²) in [6.45, 7) is 4.79. The van der Waals surface area contributed by atoms with Crippen LogP contribution in [0.1, 0.15) is 26.7 Å². The fraction of sp³-hybridized carbons (Fsp3) is 0.889. The molecule has 0 radical (unpaired) electrons. The predicted octanol–water partition coefficient (Wildman–Crippen LogP) is 0.458. The zero-order valence-corrected chi connectivity index (χ0v) is 8.29. The highest BCUT2D eigenvalue weighted by molar-refractivity contribution is 5.66. The van der Waals surface area contributed by atoms with E-state index in [-0.39, 0.29) is 19.1 Å². The molecule has 0 aliphatic carbocycles. The van der Waals surface area contributed by atoms with Gasteiger partial charge in [0.2, 0.25) is 0 Å². The summed E-state index contributed by atoms with van der Waals surface area (Å²) < 4.78 is 0. The quantitative estimate of drug-likeness (QED) is 0.509. The van der Waals surface area contributed by atoms with Gasteiger partial charge in [-0.15, -0.1) is 0 Å². The summed E-state index contributed by atoms with van der Waals surface area (Å²) in [5.74, 6) is -0.401. The summed E-state index contributed by atoms with van der Waals surface area (Å²) in [6, 6.07) is 0.0776. The molecule has 0 spiro atoms. The van der Waals surface area contributed by atoms with Gasteiger partial charge in [0.1, 0.15) is 0 Å². The standard InChI is InChI=1S/C9H19NO3/c1-7(2)8(6-11)10-5-3-4-9(12)13/h7-8,10-11H,3-6H2,1-2H3,(H,12,13)/t8-/m1/s1. The highest BCUT2D eigenvalue weighted by atomic mass is 16.4. The van der Waals surface area contributed by atoms with Crippen molar-refractivity contribution in [2.24, 2.45) is 5.92 Å². The molecule has 0 saturated heterocycles. The summed E-state index contributed by atoms with van der Waals surface area (Å²) in [5.41, 5.74) is 0. The minimum atomic E-state index is -0.771. The molecule has 0 unspecified atom stereocenters. The molecule has 3 N–H and O–H groups in total. The van der Waals surface area contributed by atoms with E-state index in [1.54, 1.807) is 0 Å². The minimum absolute atomic E-state index is 0.0776. The maximum atomic E-state index is 10.2. The van der Waals surface area contributed by atoms with Crippen LogP contribution in [0.5, 0.6) is 0 Å². The number of carboxylic acid groups (broad SMARTS) is 1. The predicted molar refractivity (Wildman–Crippen MR) is 50.6 cm³/mol. The lowest BCUT2D eigenvalue weighted by molar-refractivity contribution is -0.137. The topological polar surface area (TPSA) is 69.6 Å². The molecule has 78 valence electrons. The molecule has 0 aromatic rings. The van der Waals surface area contributed by atoms with Crippen LogP contribution in [0, 0.1) is 5.92 Å². The first-order valence-electron chi connectivity index (χ1n) is 4.64. The Bertz CT molecular complexity index is 148. The van der Waals surface area contributed by atoms with E-state index in [4.69, 9.17) is 10.2 Å². The number of aliphatic hydroxyl groups is 1. The van der Waals surface area contributed by atoms with Gasteiger partial charge in [-0.2, -0.15) is 0 Å². The molecule has 13 heavy (non-hydrogen) atoms. The molecule has 0 aromatic carbocycles. The van der Waals surface area contributed by atoms with E-state index in [0.29, 0.717) is 18.9 Å². The van der Waals surface area contributed by atoms with E-state index < -0.39 is 5.97 Å². The van der Waals surface area contributed by atoms with Crippen LogP contribution in [0.25, 0.3) is 0 Å². The second-order valence-corrected chi connectivity index (χ2v) is 3.48. The van der Waals surface area contributed by atoms with Crippen molar-refractivity contribution >= 4 is 5.97 Å². The lowest BCUT2D eigenvalue weighted by atomic mass is 10.1. The Morgan fingerprint density at radius 1 is 1.46 bits per heavy atom. The molecule has 0 aliphatic heterocycles. The molecular formula is C9H19NO3. The molecule has 1 atom stereocenters. The Kier molecular flexibility index (Phi) is 6.54. The molecule has 0 fully saturated rings. The highest BCUT2D eigenvalue weighted by Crippen LogP contribution is 2.00. The number of aliphatic hydroxyl groups excluding tert-OH is 1. The van der Waals surface area contributed by atoms with Crippen molar-refractivity contribution in [1.29, 1.82) is 0 Å². The van der Waals surface area contributed by atoms with Gasteiger partial charge in [0.25, 0.3) is 0 Å². The van der Waals surface area contributed by atoms with Gasteiger partial charge in [-0.05, 0) is 18.9 Å². The first-order valence-corrected chi connectivity index (χ1v) is 4.64. The molecule has 0 heterocycles. The largest absolute Gasteiger partial charge is 0.481 e. The lowest BCUT2D eigenvalue weighted by Crippen LogP contribution is -2.37. The Hall–Kier alpha value is -0.610. The third-order valence-corrected chi connectivity index (χ3v) is 1.98. The van der Waals surface area contributed by atoms with Crippen molar-refractivity contribution in [2.75, 3.05) is 13.2 Å². The van der Waals surface area contributed by atoms with Gasteiger partial charge >= 0.3 is 5.97 Å². The molecule has 0 aliphatic rings. The third kappa shape index (κ3) is 6.54. The smallest absolute Gasteiger partial charge is 0.303 e. The molecule has 0 amide bonds.